The van der Waals surface area contributed by atoms with Gasteiger partial charge in [-0.05, 0) is 37.3 Å². The number of aryl methyl sites for hydroxylation is 1. The maximum Gasteiger partial charge on any atom is 0.135 e. The Morgan fingerprint density at radius 2 is 2.17 bits per heavy atom. The van der Waals surface area contributed by atoms with E-state index in [1.54, 1.807) is 23.5 Å². The van der Waals surface area contributed by atoms with E-state index in [0.29, 0.717) is 6.54 Å². The van der Waals surface area contributed by atoms with E-state index in [2.05, 4.69) is 24.4 Å². The number of rotatable bonds is 4. The SMILES string of the molecule is Cc1ccc(CNc2ccc(C(N)=S)c(F)c2)s1. The van der Waals surface area contributed by atoms with Crippen LogP contribution < -0.4 is 11.1 Å². The molecule has 2 rings (SSSR count). The quantitative estimate of drug-likeness (QED) is 0.843. The lowest BCUT2D eigenvalue weighted by Crippen LogP contribution is -2.11. The summed E-state index contributed by atoms with van der Waals surface area (Å²) < 4.78 is 13.6. The fraction of sp³-hybridized carbons (Fsp3) is 0.154. The average Bonchev–Trinajstić information content (AvgIpc) is 2.72. The van der Waals surface area contributed by atoms with Gasteiger partial charge in [-0.15, -0.1) is 11.3 Å². The zero-order valence-electron chi connectivity index (χ0n) is 9.87. The Labute approximate surface area is 115 Å². The summed E-state index contributed by atoms with van der Waals surface area (Å²) in [6.45, 7) is 2.75. The molecule has 3 N–H and O–H groups in total. The van der Waals surface area contributed by atoms with Gasteiger partial charge in [-0.25, -0.2) is 4.39 Å². The zero-order chi connectivity index (χ0) is 13.1. The summed E-state index contributed by atoms with van der Waals surface area (Å²) in [6, 6.07) is 8.91. The van der Waals surface area contributed by atoms with Crippen LogP contribution in [0.25, 0.3) is 0 Å². The minimum atomic E-state index is -0.394. The molecule has 0 saturated carbocycles. The van der Waals surface area contributed by atoms with E-state index in [9.17, 15) is 4.39 Å². The topological polar surface area (TPSA) is 38.0 Å². The molecule has 1 aromatic carbocycles. The van der Waals surface area contributed by atoms with Gasteiger partial charge < -0.3 is 11.1 Å². The van der Waals surface area contributed by atoms with Gasteiger partial charge >= 0.3 is 0 Å². The fourth-order valence-corrected chi connectivity index (χ4v) is 2.59. The Kier molecular flexibility index (Phi) is 3.93. The van der Waals surface area contributed by atoms with Crippen LogP contribution in [0.2, 0.25) is 0 Å². The minimum Gasteiger partial charge on any atom is -0.389 e. The van der Waals surface area contributed by atoms with Crippen LogP contribution in [-0.4, -0.2) is 4.99 Å². The average molecular weight is 280 g/mol. The van der Waals surface area contributed by atoms with Gasteiger partial charge in [0.1, 0.15) is 10.8 Å². The Balaban J connectivity index is 2.06. The molecular weight excluding hydrogens is 267 g/mol. The smallest absolute Gasteiger partial charge is 0.135 e. The molecule has 0 fully saturated rings. The van der Waals surface area contributed by atoms with Crippen molar-refractivity contribution in [1.82, 2.24) is 0 Å². The van der Waals surface area contributed by atoms with Crippen LogP contribution in [0.1, 0.15) is 15.3 Å². The number of nitrogens with one attached hydrogen (secondary N) is 1. The molecule has 0 spiro atoms. The van der Waals surface area contributed by atoms with Crippen LogP contribution in [0.15, 0.2) is 30.3 Å². The highest BCUT2D eigenvalue weighted by Crippen LogP contribution is 2.19. The second-order valence-electron chi connectivity index (χ2n) is 3.92. The van der Waals surface area contributed by atoms with Crippen molar-refractivity contribution in [2.45, 2.75) is 13.5 Å². The molecule has 0 bridgehead atoms. The predicted octanol–water partition coefficient (Wildman–Crippen LogP) is 3.44. The molecule has 94 valence electrons. The molecule has 5 heteroatoms. The molecule has 0 aliphatic carbocycles. The highest BCUT2D eigenvalue weighted by atomic mass is 32.1. The van der Waals surface area contributed by atoms with Crippen molar-refractivity contribution >= 4 is 34.2 Å². The van der Waals surface area contributed by atoms with E-state index in [1.165, 1.54) is 15.8 Å². The second kappa shape index (κ2) is 5.46. The first kappa shape index (κ1) is 13.0. The number of anilines is 1. The molecule has 2 nitrogen and oxygen atoms in total. The Hall–Kier alpha value is -1.46. The van der Waals surface area contributed by atoms with Crippen molar-refractivity contribution in [3.8, 4) is 0 Å². The lowest BCUT2D eigenvalue weighted by atomic mass is 10.2. The predicted molar refractivity (Wildman–Crippen MR) is 78.7 cm³/mol. The first-order valence-corrected chi connectivity index (χ1v) is 6.67. The standard InChI is InChI=1S/C13H13FN2S2/c1-8-2-4-10(18-8)7-16-9-3-5-11(13(15)17)12(14)6-9/h2-6,16H,7H2,1H3,(H2,15,17). The highest BCUT2D eigenvalue weighted by molar-refractivity contribution is 7.80. The molecule has 0 aliphatic rings. The monoisotopic (exact) mass is 280 g/mol. The molecule has 0 atom stereocenters. The number of hydrogen-bond donors (Lipinski definition) is 2. The largest absolute Gasteiger partial charge is 0.389 e. The number of thiocarbonyl (C=S) groups is 1. The summed E-state index contributed by atoms with van der Waals surface area (Å²) in [4.78, 5) is 2.56. The number of halogens is 1. The summed E-state index contributed by atoms with van der Waals surface area (Å²) >= 11 is 6.48. The number of thiophene rings is 1. The van der Waals surface area contributed by atoms with Crippen molar-refractivity contribution in [3.05, 3.63) is 51.5 Å². The Bertz CT molecular complexity index is 578. The van der Waals surface area contributed by atoms with E-state index in [0.717, 1.165) is 5.69 Å². The zero-order valence-corrected chi connectivity index (χ0v) is 11.5. The summed E-state index contributed by atoms with van der Waals surface area (Å²) in [5, 5.41) is 3.17. The maximum atomic E-state index is 13.6. The lowest BCUT2D eigenvalue weighted by Gasteiger charge is -2.07. The molecule has 2 aromatic rings. The second-order valence-corrected chi connectivity index (χ2v) is 5.74. The summed E-state index contributed by atoms with van der Waals surface area (Å²) in [6.07, 6.45) is 0. The van der Waals surface area contributed by atoms with E-state index in [4.69, 9.17) is 18.0 Å². The van der Waals surface area contributed by atoms with Crippen LogP contribution >= 0.6 is 23.6 Å². The fourth-order valence-electron chi connectivity index (χ4n) is 1.59. The Morgan fingerprint density at radius 3 is 2.72 bits per heavy atom. The van der Waals surface area contributed by atoms with E-state index in [1.807, 2.05) is 0 Å². The third kappa shape index (κ3) is 3.05. The molecule has 0 saturated heterocycles. The van der Waals surface area contributed by atoms with Gasteiger partial charge in [-0.1, -0.05) is 12.2 Å². The maximum absolute atomic E-state index is 13.6. The minimum absolute atomic E-state index is 0.0768. The molecule has 1 heterocycles. The summed E-state index contributed by atoms with van der Waals surface area (Å²) in [7, 11) is 0. The third-order valence-corrected chi connectivity index (χ3v) is 3.72. The van der Waals surface area contributed by atoms with E-state index in [-0.39, 0.29) is 10.6 Å². The van der Waals surface area contributed by atoms with E-state index < -0.39 is 5.82 Å². The van der Waals surface area contributed by atoms with Crippen LogP contribution in [0.3, 0.4) is 0 Å². The van der Waals surface area contributed by atoms with Gasteiger partial charge in [0, 0.05) is 27.5 Å². The van der Waals surface area contributed by atoms with Crippen molar-refractivity contribution in [2.75, 3.05) is 5.32 Å². The van der Waals surface area contributed by atoms with Gasteiger partial charge in [-0.3, -0.25) is 0 Å². The third-order valence-electron chi connectivity index (χ3n) is 2.50. The van der Waals surface area contributed by atoms with Crippen molar-refractivity contribution in [1.29, 1.82) is 0 Å². The van der Waals surface area contributed by atoms with Gasteiger partial charge in [0.25, 0.3) is 0 Å². The Morgan fingerprint density at radius 1 is 1.39 bits per heavy atom. The molecule has 1 aromatic heterocycles. The van der Waals surface area contributed by atoms with E-state index >= 15 is 0 Å². The van der Waals surface area contributed by atoms with Crippen molar-refractivity contribution < 1.29 is 4.39 Å². The van der Waals surface area contributed by atoms with Crippen LogP contribution in [-0.2, 0) is 6.54 Å². The number of nitrogens with two attached hydrogens (primary N) is 1. The van der Waals surface area contributed by atoms with Crippen molar-refractivity contribution in [2.24, 2.45) is 5.73 Å². The number of benzene rings is 1. The van der Waals surface area contributed by atoms with Crippen molar-refractivity contribution in [3.63, 3.8) is 0 Å². The first-order valence-electron chi connectivity index (χ1n) is 5.45. The highest BCUT2D eigenvalue weighted by Gasteiger charge is 2.06. The molecule has 0 unspecified atom stereocenters. The van der Waals surface area contributed by atoms with Gasteiger partial charge in [0.15, 0.2) is 0 Å². The number of hydrogen-bond acceptors (Lipinski definition) is 3. The molecular formula is C13H13FN2S2. The van der Waals surface area contributed by atoms with Crippen LogP contribution in [0, 0.1) is 12.7 Å². The van der Waals surface area contributed by atoms with Crippen LogP contribution in [0.5, 0.6) is 0 Å². The first-order chi connectivity index (χ1) is 8.56. The normalized spacial score (nSPS) is 10.3. The van der Waals surface area contributed by atoms with Gasteiger partial charge in [0.05, 0.1) is 0 Å². The van der Waals surface area contributed by atoms with Crippen LogP contribution in [0.4, 0.5) is 10.1 Å². The van der Waals surface area contributed by atoms with Gasteiger partial charge in [0.2, 0.25) is 0 Å². The summed E-state index contributed by atoms with van der Waals surface area (Å²) in [5.74, 6) is -0.394. The lowest BCUT2D eigenvalue weighted by molar-refractivity contribution is 0.626. The summed E-state index contributed by atoms with van der Waals surface area (Å²) in [5.41, 5.74) is 6.41. The molecule has 0 amide bonds. The van der Waals surface area contributed by atoms with Gasteiger partial charge in [-0.2, -0.15) is 0 Å². The molecule has 18 heavy (non-hydrogen) atoms. The molecule has 0 aliphatic heterocycles. The molecule has 0 radical (unpaired) electrons.